The topological polar surface area (TPSA) is 3.24 Å². The molecule has 0 spiro atoms. The third-order valence-electron chi connectivity index (χ3n) is 12.3. The van der Waals surface area contributed by atoms with Crippen LogP contribution in [0.1, 0.15) is 23.1 Å². The molecule has 0 heterocycles. The minimum absolute atomic E-state index is 0.927. The molecule has 1 aliphatic rings. The molecular formula is C61H43N. The highest BCUT2D eigenvalue weighted by atomic mass is 15.1. The molecule has 0 fully saturated rings. The van der Waals surface area contributed by atoms with Crippen LogP contribution in [-0.2, 0) is 0 Å². The molecule has 1 aliphatic carbocycles. The van der Waals surface area contributed by atoms with Gasteiger partial charge in [-0.2, -0.15) is 0 Å². The van der Waals surface area contributed by atoms with Gasteiger partial charge in [-0.05, 0) is 131 Å². The summed E-state index contributed by atoms with van der Waals surface area (Å²) in [6.07, 6.45) is 7.74. The van der Waals surface area contributed by atoms with Crippen molar-refractivity contribution in [3.63, 3.8) is 0 Å². The van der Waals surface area contributed by atoms with Crippen LogP contribution in [0.5, 0.6) is 0 Å². The molecular weight excluding hydrogens is 747 g/mol. The Labute approximate surface area is 363 Å². The summed E-state index contributed by atoms with van der Waals surface area (Å²) < 4.78 is 0. The van der Waals surface area contributed by atoms with Crippen molar-refractivity contribution in [2.45, 2.75) is 6.42 Å². The first-order chi connectivity index (χ1) is 30.7. The van der Waals surface area contributed by atoms with Gasteiger partial charge in [-0.1, -0.05) is 212 Å². The smallest absolute Gasteiger partial charge is 0.0462 e. The van der Waals surface area contributed by atoms with Crippen LogP contribution < -0.4 is 4.90 Å². The summed E-state index contributed by atoms with van der Waals surface area (Å²) in [5, 5.41) is 4.99. The van der Waals surface area contributed by atoms with Crippen molar-refractivity contribution in [1.82, 2.24) is 0 Å². The SMILES string of the molecule is C1=Cc2ccccc2C(c2ccc(-c3ccc(N(c4ccc(-c5cccc6ccccc56)cc4)c4ccc(-c5c(-c6ccccc6)ccc6ccccc56)cc4)cc3)cc2)=CC1. The quantitative estimate of drug-likeness (QED) is 0.148. The summed E-state index contributed by atoms with van der Waals surface area (Å²) >= 11 is 0. The van der Waals surface area contributed by atoms with E-state index < -0.39 is 0 Å². The highest BCUT2D eigenvalue weighted by molar-refractivity contribution is 6.04. The minimum atomic E-state index is 0.927. The maximum atomic E-state index is 2.37. The Morgan fingerprint density at radius 1 is 0.306 bits per heavy atom. The van der Waals surface area contributed by atoms with Gasteiger partial charge in [0.05, 0.1) is 0 Å². The standard InChI is InChI=1S/C61H43N/c1-2-13-47(14-3-1)60-42-35-48-18-7-11-23-59(48)61(60)51-33-40-54(41-34-51)62(53-38-31-50(32-39-53)58-24-12-19-46-17-6-9-21-56(46)58)52-36-29-44(30-37-52)43-25-27-49(28-26-43)57-22-10-5-16-45-15-4-8-20-55(45)57/h1-9,11-42H,10H2. The van der Waals surface area contributed by atoms with Crippen LogP contribution in [0, 0.1) is 0 Å². The van der Waals surface area contributed by atoms with E-state index in [4.69, 9.17) is 0 Å². The van der Waals surface area contributed by atoms with E-state index >= 15 is 0 Å². The van der Waals surface area contributed by atoms with Crippen molar-refractivity contribution in [2.75, 3.05) is 4.90 Å². The first-order valence-corrected chi connectivity index (χ1v) is 21.5. The fraction of sp³-hybridized carbons (Fsp3) is 0.0164. The van der Waals surface area contributed by atoms with E-state index in [1.165, 1.54) is 88.3 Å². The van der Waals surface area contributed by atoms with Crippen molar-refractivity contribution in [2.24, 2.45) is 0 Å². The van der Waals surface area contributed by atoms with Crippen LogP contribution in [-0.4, -0.2) is 0 Å². The van der Waals surface area contributed by atoms with Gasteiger partial charge in [-0.15, -0.1) is 0 Å². The molecule has 62 heavy (non-hydrogen) atoms. The molecule has 1 heteroatoms. The van der Waals surface area contributed by atoms with E-state index in [1.807, 2.05) is 0 Å². The van der Waals surface area contributed by atoms with Crippen molar-refractivity contribution in [1.29, 1.82) is 0 Å². The Hall–Kier alpha value is -8.00. The average Bonchev–Trinajstić information content (AvgIpc) is 3.57. The zero-order valence-corrected chi connectivity index (χ0v) is 34.3. The van der Waals surface area contributed by atoms with Crippen molar-refractivity contribution >= 4 is 50.3 Å². The van der Waals surface area contributed by atoms with Gasteiger partial charge in [-0.3, -0.25) is 0 Å². The van der Waals surface area contributed by atoms with Gasteiger partial charge in [0.1, 0.15) is 0 Å². The number of rotatable bonds is 8. The molecule has 0 saturated carbocycles. The van der Waals surface area contributed by atoms with E-state index in [0.717, 1.165) is 23.5 Å². The van der Waals surface area contributed by atoms with Gasteiger partial charge in [0, 0.05) is 17.1 Å². The predicted octanol–water partition coefficient (Wildman–Crippen LogP) is 17.0. The molecule has 0 saturated heterocycles. The van der Waals surface area contributed by atoms with E-state index in [0.29, 0.717) is 0 Å². The molecule has 0 bridgehead atoms. The van der Waals surface area contributed by atoms with Crippen LogP contribution in [0.15, 0.2) is 243 Å². The van der Waals surface area contributed by atoms with Crippen LogP contribution in [0.2, 0.25) is 0 Å². The lowest BCUT2D eigenvalue weighted by atomic mass is 9.89. The lowest BCUT2D eigenvalue weighted by Gasteiger charge is -2.26. The summed E-state index contributed by atoms with van der Waals surface area (Å²) in [5.41, 5.74) is 18.1. The van der Waals surface area contributed by atoms with E-state index in [9.17, 15) is 0 Å². The number of fused-ring (bicyclic) bond motifs is 3. The average molecular weight is 790 g/mol. The highest BCUT2D eigenvalue weighted by Crippen LogP contribution is 2.42. The monoisotopic (exact) mass is 789 g/mol. The number of benzene rings is 10. The molecule has 0 amide bonds. The van der Waals surface area contributed by atoms with E-state index in [2.05, 4.69) is 254 Å². The van der Waals surface area contributed by atoms with Crippen molar-refractivity contribution in [3.05, 3.63) is 259 Å². The zero-order valence-electron chi connectivity index (χ0n) is 34.3. The van der Waals surface area contributed by atoms with Gasteiger partial charge in [-0.25, -0.2) is 0 Å². The summed E-state index contributed by atoms with van der Waals surface area (Å²) in [7, 11) is 0. The summed E-state index contributed by atoms with van der Waals surface area (Å²) in [6.45, 7) is 0. The van der Waals surface area contributed by atoms with Crippen molar-refractivity contribution in [3.8, 4) is 44.5 Å². The molecule has 0 radical (unpaired) electrons. The molecule has 0 aliphatic heterocycles. The third kappa shape index (κ3) is 7.00. The largest absolute Gasteiger partial charge is 0.311 e. The molecule has 0 aromatic heterocycles. The van der Waals surface area contributed by atoms with E-state index in [1.54, 1.807) is 0 Å². The van der Waals surface area contributed by atoms with Gasteiger partial charge in [0.2, 0.25) is 0 Å². The molecule has 1 nitrogen and oxygen atoms in total. The Morgan fingerprint density at radius 2 is 0.806 bits per heavy atom. The second-order valence-corrected chi connectivity index (χ2v) is 16.0. The molecule has 10 aromatic rings. The van der Waals surface area contributed by atoms with Crippen LogP contribution >= 0.6 is 0 Å². The number of anilines is 3. The first-order valence-electron chi connectivity index (χ1n) is 21.5. The number of nitrogens with zero attached hydrogens (tertiary/aromatic N) is 1. The Bertz CT molecular complexity index is 3260. The minimum Gasteiger partial charge on any atom is -0.311 e. The number of allylic oxidation sites excluding steroid dienone is 2. The number of hydrogen-bond acceptors (Lipinski definition) is 1. The predicted molar refractivity (Wildman–Crippen MR) is 265 cm³/mol. The van der Waals surface area contributed by atoms with Gasteiger partial charge in [0.25, 0.3) is 0 Å². The Morgan fingerprint density at radius 3 is 1.52 bits per heavy atom. The molecule has 0 atom stereocenters. The van der Waals surface area contributed by atoms with Crippen molar-refractivity contribution < 1.29 is 0 Å². The van der Waals surface area contributed by atoms with Crippen LogP contribution in [0.3, 0.4) is 0 Å². The molecule has 292 valence electrons. The maximum Gasteiger partial charge on any atom is 0.0462 e. The summed E-state index contributed by atoms with van der Waals surface area (Å²) in [6, 6.07) is 84.0. The number of hydrogen-bond donors (Lipinski definition) is 0. The third-order valence-corrected chi connectivity index (χ3v) is 12.3. The Kier molecular flexibility index (Phi) is 9.69. The van der Waals surface area contributed by atoms with Crippen LogP contribution in [0.25, 0.3) is 77.7 Å². The molecule has 0 N–H and O–H groups in total. The maximum absolute atomic E-state index is 2.37. The fourth-order valence-corrected chi connectivity index (χ4v) is 9.23. The molecule has 10 aromatic carbocycles. The van der Waals surface area contributed by atoms with E-state index in [-0.39, 0.29) is 0 Å². The lowest BCUT2D eigenvalue weighted by molar-refractivity contribution is 1.28. The zero-order chi connectivity index (χ0) is 41.2. The Balaban J connectivity index is 0.967. The van der Waals surface area contributed by atoms with Crippen LogP contribution in [0.4, 0.5) is 17.1 Å². The summed E-state index contributed by atoms with van der Waals surface area (Å²) in [5.74, 6) is 0. The fourth-order valence-electron chi connectivity index (χ4n) is 9.23. The lowest BCUT2D eigenvalue weighted by Crippen LogP contribution is -2.09. The first kappa shape index (κ1) is 37.0. The second-order valence-electron chi connectivity index (χ2n) is 16.0. The molecule has 0 unspecified atom stereocenters. The van der Waals surface area contributed by atoms with Gasteiger partial charge >= 0.3 is 0 Å². The highest BCUT2D eigenvalue weighted by Gasteiger charge is 2.17. The molecule has 11 rings (SSSR count). The van der Waals surface area contributed by atoms with Gasteiger partial charge in [0.15, 0.2) is 0 Å². The summed E-state index contributed by atoms with van der Waals surface area (Å²) in [4.78, 5) is 2.37. The van der Waals surface area contributed by atoms with Gasteiger partial charge < -0.3 is 4.90 Å². The second kappa shape index (κ2) is 16.2. The normalized spacial score (nSPS) is 12.2.